The molecule has 2 aliphatic carbocycles. The van der Waals surface area contributed by atoms with Gasteiger partial charge in [0.1, 0.15) is 37.9 Å². The summed E-state index contributed by atoms with van der Waals surface area (Å²) in [6.45, 7) is 10.2. The molecule has 6 aliphatic rings. The quantitative estimate of drug-likeness (QED) is 0.0308. The molecule has 0 saturated heterocycles. The molecule has 2 saturated carbocycles. The summed E-state index contributed by atoms with van der Waals surface area (Å²) in [5, 5.41) is 7.29. The largest absolute Gasteiger partial charge is 0.457 e. The predicted molar refractivity (Wildman–Crippen MR) is 350 cm³/mol. The number of rotatable bonds is 25. The Bertz CT molecular complexity index is 4100. The molecule has 2 aromatic carbocycles. The van der Waals surface area contributed by atoms with Crippen molar-refractivity contribution in [3.8, 4) is 22.8 Å². The third-order valence-corrected chi connectivity index (χ3v) is 22.6. The van der Waals surface area contributed by atoms with Gasteiger partial charge in [-0.2, -0.15) is 23.5 Å². The van der Waals surface area contributed by atoms with Gasteiger partial charge in [-0.3, -0.25) is 38.4 Å². The molecule has 0 bridgehead atoms. The number of para-hydroxylation sites is 2. The van der Waals surface area contributed by atoms with E-state index in [1.807, 2.05) is 67.6 Å². The zero-order chi connectivity index (χ0) is 65.9. The number of esters is 4. The Kier molecular flexibility index (Phi) is 20.2. The summed E-state index contributed by atoms with van der Waals surface area (Å²) in [7, 11) is 0. The lowest BCUT2D eigenvalue weighted by Gasteiger charge is -2.37. The average Bonchev–Trinajstić information content (AvgIpc) is 1.68. The van der Waals surface area contributed by atoms with Crippen LogP contribution >= 0.6 is 23.5 Å². The summed E-state index contributed by atoms with van der Waals surface area (Å²) in [4.78, 5) is 145. The molecule has 6 aromatic rings. The van der Waals surface area contributed by atoms with Crippen molar-refractivity contribution in [2.75, 3.05) is 37.8 Å². The van der Waals surface area contributed by atoms with Crippen LogP contribution in [-0.4, -0.2) is 115 Å². The minimum absolute atomic E-state index is 0.0105. The molecule has 0 spiro atoms. The first-order chi connectivity index (χ1) is 44.8. The molecular weight excluding hydrogens is 1230 g/mol. The van der Waals surface area contributed by atoms with Gasteiger partial charge < -0.3 is 43.5 Å². The minimum atomic E-state index is -2.01. The highest BCUT2D eigenvalue weighted by Crippen LogP contribution is 2.45. The van der Waals surface area contributed by atoms with Crippen molar-refractivity contribution < 1.29 is 62.0 Å². The van der Waals surface area contributed by atoms with E-state index in [2.05, 4.69) is 24.5 Å². The number of cyclic esters (lactones) is 2. The maximum Gasteiger partial charge on any atom is 0.355 e. The van der Waals surface area contributed by atoms with Crippen LogP contribution in [0.4, 0.5) is 0 Å². The van der Waals surface area contributed by atoms with Crippen LogP contribution in [0, 0.1) is 23.7 Å². The van der Waals surface area contributed by atoms with Gasteiger partial charge in [-0.25, -0.2) is 19.6 Å². The number of carbonyl (C=O) groups is 8. The van der Waals surface area contributed by atoms with Crippen LogP contribution in [0.1, 0.15) is 139 Å². The molecule has 12 rings (SSSR count). The number of Topliss-reactive ketones (excluding diaryl/α,β-unsaturated/α-hetero) is 2. The summed E-state index contributed by atoms with van der Waals surface area (Å²) in [6.07, 6.45) is 4.90. The first-order valence-electron chi connectivity index (χ1n) is 32.2. The van der Waals surface area contributed by atoms with E-state index in [9.17, 15) is 47.9 Å². The monoisotopic (exact) mass is 1310 g/mol. The van der Waals surface area contributed by atoms with Gasteiger partial charge in [0.2, 0.25) is 23.0 Å². The Morgan fingerprint density at radius 1 is 0.624 bits per heavy atom. The number of nitrogens with one attached hydrogen (secondary N) is 2. The van der Waals surface area contributed by atoms with E-state index < -0.39 is 77.4 Å². The summed E-state index contributed by atoms with van der Waals surface area (Å²) >= 11 is 3.10. The van der Waals surface area contributed by atoms with E-state index in [1.54, 1.807) is 46.9 Å². The van der Waals surface area contributed by atoms with Gasteiger partial charge in [0.25, 0.3) is 11.1 Å². The number of aromatic nitrogens is 4. The van der Waals surface area contributed by atoms with E-state index in [1.165, 1.54) is 31.5 Å². The normalized spacial score (nSPS) is 21.7. The summed E-state index contributed by atoms with van der Waals surface area (Å²) in [5.41, 5.74) is 1.28. The second-order valence-electron chi connectivity index (χ2n) is 25.1. The van der Waals surface area contributed by atoms with Crippen LogP contribution in [-0.2, 0) is 99.5 Å². The summed E-state index contributed by atoms with van der Waals surface area (Å²) in [6, 6.07) is 22.5. The van der Waals surface area contributed by atoms with Crippen LogP contribution in [0.25, 0.3) is 44.6 Å². The van der Waals surface area contributed by atoms with Crippen LogP contribution in [0.5, 0.6) is 0 Å². The zero-order valence-electron chi connectivity index (χ0n) is 53.3. The van der Waals surface area contributed by atoms with Gasteiger partial charge in [0.05, 0.1) is 77.2 Å². The number of hydrogen-bond donors (Lipinski definition) is 2. The molecule has 23 heteroatoms. The van der Waals surface area contributed by atoms with Gasteiger partial charge in [-0.15, -0.1) is 0 Å². The summed E-state index contributed by atoms with van der Waals surface area (Å²) in [5.74, 6) is -3.59. The lowest BCUT2D eigenvalue weighted by Crippen LogP contribution is -2.49. The molecule has 93 heavy (non-hydrogen) atoms. The van der Waals surface area contributed by atoms with Crippen molar-refractivity contribution in [1.82, 2.24) is 29.7 Å². The molecule has 6 unspecified atom stereocenters. The fraction of sp³-hybridized carbons (Fsp3) is 0.486. The van der Waals surface area contributed by atoms with Crippen molar-refractivity contribution in [2.45, 2.75) is 154 Å². The predicted octanol–water partition coefficient (Wildman–Crippen LogP) is 8.54. The number of fused-ring (bicyclic) bond motifs is 10. The highest BCUT2D eigenvalue weighted by molar-refractivity contribution is 8.04. The molecule has 490 valence electrons. The number of nitrogens with zero attached hydrogens (tertiary/aromatic N) is 4. The van der Waals surface area contributed by atoms with E-state index in [0.29, 0.717) is 34.9 Å². The minimum Gasteiger partial charge on any atom is -0.457 e. The van der Waals surface area contributed by atoms with Gasteiger partial charge >= 0.3 is 23.9 Å². The lowest BCUT2D eigenvalue weighted by molar-refractivity contribution is -0.189. The van der Waals surface area contributed by atoms with Gasteiger partial charge in [0.15, 0.2) is 0 Å². The van der Waals surface area contributed by atoms with Crippen molar-refractivity contribution in [2.24, 2.45) is 23.7 Å². The molecule has 4 aromatic heterocycles. The van der Waals surface area contributed by atoms with Gasteiger partial charge in [-0.1, -0.05) is 83.9 Å². The summed E-state index contributed by atoms with van der Waals surface area (Å²) < 4.78 is 31.6. The fourth-order valence-corrected chi connectivity index (χ4v) is 16.2. The van der Waals surface area contributed by atoms with E-state index in [4.69, 9.17) is 33.7 Å². The van der Waals surface area contributed by atoms with Crippen LogP contribution in [0.15, 0.2) is 82.4 Å². The van der Waals surface area contributed by atoms with Crippen molar-refractivity contribution in [1.29, 1.82) is 0 Å². The molecule has 4 aliphatic heterocycles. The number of ketones is 2. The second-order valence-corrected chi connectivity index (χ2v) is 27.7. The molecule has 21 nitrogen and oxygen atoms in total. The number of pyridine rings is 4. The van der Waals surface area contributed by atoms with Crippen LogP contribution in [0.2, 0.25) is 0 Å². The average molecular weight is 1310 g/mol. The Morgan fingerprint density at radius 2 is 1.08 bits per heavy atom. The Labute approximate surface area is 546 Å². The number of carbonyl (C=O) groups excluding carboxylic acids is 8. The molecular formula is C70H78N6O15S2. The first-order valence-corrected chi connectivity index (χ1v) is 34.3. The first kappa shape index (κ1) is 66.4. The second kappa shape index (κ2) is 28.3. The standard InChI is InChI=1S/C64H66N6O15S2.C6H12/c1-5-36(57(75)65-27-53(73)84-63(6-2)45-25-49-55-39(22-37-12-8-10-14-47(37)67-55)29-69(49)59(77)43(45)31-82-61(63)79)33-86-51-16-17-52(51)87-34-41(24-42(72)19-21-81-20-18-35(4)71)58(76)66-28-54(74)85-64(7-3)46-26-50-56-40(23-38-13-9-11-15-48(38)68-56)30-70(50)60(78)44(46)32-83-62(64)80;1-5-3-4-6(5)2/h8-15,22-23,25-26,36,41,51-52H,5-7,16-21,24,27-34H2,1-4H3,(H,65,75)(H,66,76);5-6H,3-4H2,1-2H3/t36?,41?,51?,52?,63-,64-;/m0./s1. The molecule has 2 fully saturated rings. The van der Waals surface area contributed by atoms with Crippen molar-refractivity contribution in [3.05, 3.63) is 127 Å². The number of benzene rings is 2. The van der Waals surface area contributed by atoms with E-state index in [0.717, 1.165) is 57.6 Å². The van der Waals surface area contributed by atoms with Gasteiger partial charge in [0, 0.05) is 80.2 Å². The van der Waals surface area contributed by atoms with Gasteiger partial charge in [-0.05, 0) is 87.3 Å². The molecule has 2 N–H and O–H groups in total. The van der Waals surface area contributed by atoms with Crippen LogP contribution < -0.4 is 21.8 Å². The molecule has 2 amide bonds. The number of hydrogen-bond acceptors (Lipinski definition) is 19. The maximum atomic E-state index is 14.1. The third kappa shape index (κ3) is 13.6. The Hall–Kier alpha value is -8.02. The van der Waals surface area contributed by atoms with Crippen molar-refractivity contribution >= 4 is 92.6 Å². The Balaban J connectivity index is 0.00000139. The Morgan fingerprint density at radius 3 is 1.51 bits per heavy atom. The highest BCUT2D eigenvalue weighted by atomic mass is 32.2. The number of thioether (sulfide) groups is 2. The lowest BCUT2D eigenvalue weighted by atomic mass is 9.77. The van der Waals surface area contributed by atoms with Crippen LogP contribution in [0.3, 0.4) is 0 Å². The fourth-order valence-electron chi connectivity index (χ4n) is 12.9. The zero-order valence-corrected chi connectivity index (χ0v) is 54.9. The SMILES string of the molecule is CC1CCC1C.CCC(CSC1CCC1SCC(CC(=O)CCOCCC(C)=O)C(=O)NCC(=O)O[C@]1(CC)C(=O)OCc2c1cc1n(c2=O)Cc2cc3ccccc3nc2-1)C(=O)NCC(=O)O[C@]1(CC)C(=O)OCc2c1cc1n(c2=O)Cc2cc3ccccc3nc2-1. The van der Waals surface area contributed by atoms with E-state index >= 15 is 0 Å². The molecule has 8 atom stereocenters. The number of amides is 2. The topological polar surface area (TPSA) is 277 Å². The smallest absolute Gasteiger partial charge is 0.355 e. The third-order valence-electron chi connectivity index (χ3n) is 19.2. The maximum absolute atomic E-state index is 14.1. The molecule has 0 radical (unpaired) electrons. The molecule has 8 heterocycles. The number of ether oxygens (including phenoxy) is 5. The van der Waals surface area contributed by atoms with Crippen molar-refractivity contribution in [3.63, 3.8) is 0 Å². The highest BCUT2D eigenvalue weighted by Gasteiger charge is 2.52. The van der Waals surface area contributed by atoms with E-state index in [-0.39, 0.29) is 127 Å².